The monoisotopic (exact) mass is 325 g/mol. The predicted molar refractivity (Wildman–Crippen MR) is 84.1 cm³/mol. The lowest BCUT2D eigenvalue weighted by molar-refractivity contribution is -0.154. The van der Waals surface area contributed by atoms with Crippen LogP contribution in [0.3, 0.4) is 0 Å². The summed E-state index contributed by atoms with van der Waals surface area (Å²) in [7, 11) is 1.59. The lowest BCUT2D eigenvalue weighted by atomic mass is 9.77. The summed E-state index contributed by atoms with van der Waals surface area (Å²) in [6.45, 7) is 2.93. The number of piperidine rings is 1. The highest BCUT2D eigenvalue weighted by Crippen LogP contribution is 2.33. The number of carboxylic acid groups (broad SMARTS) is 1. The molecule has 1 aliphatic heterocycles. The molecule has 1 fully saturated rings. The van der Waals surface area contributed by atoms with E-state index in [-0.39, 0.29) is 5.82 Å². The highest BCUT2D eigenvalue weighted by Gasteiger charge is 2.41. The first kappa shape index (κ1) is 17.7. The van der Waals surface area contributed by atoms with Gasteiger partial charge in [0.15, 0.2) is 0 Å². The summed E-state index contributed by atoms with van der Waals surface area (Å²) in [5.74, 6) is -0.427. The van der Waals surface area contributed by atoms with Crippen LogP contribution in [-0.4, -0.2) is 55.9 Å². The summed E-state index contributed by atoms with van der Waals surface area (Å²) in [6.07, 6.45) is 2.06. The van der Waals surface area contributed by atoms with E-state index >= 15 is 0 Å². The van der Waals surface area contributed by atoms with Crippen LogP contribution in [0, 0.1) is 11.2 Å². The molecule has 1 atom stereocenters. The summed E-state index contributed by atoms with van der Waals surface area (Å²) in [5.41, 5.74) is -0.732. The number of benzene rings is 1. The number of ether oxygens (including phenoxy) is 2. The number of aliphatic carboxylic acids is 1. The van der Waals surface area contributed by atoms with Crippen LogP contribution in [-0.2, 0) is 9.53 Å². The number of halogens is 1. The molecule has 0 unspecified atom stereocenters. The molecular weight excluding hydrogens is 301 g/mol. The van der Waals surface area contributed by atoms with E-state index in [4.69, 9.17) is 9.47 Å². The number of carboxylic acids is 1. The minimum absolute atomic E-state index is 0.294. The molecule has 1 N–H and O–H groups in total. The lowest BCUT2D eigenvalue weighted by Gasteiger charge is -2.39. The summed E-state index contributed by atoms with van der Waals surface area (Å²) in [5, 5.41) is 9.61. The minimum atomic E-state index is -0.751. The van der Waals surface area contributed by atoms with Crippen molar-refractivity contribution in [2.45, 2.75) is 19.3 Å². The van der Waals surface area contributed by atoms with Gasteiger partial charge in [-0.1, -0.05) is 0 Å². The van der Waals surface area contributed by atoms with E-state index in [0.717, 1.165) is 13.0 Å². The highest BCUT2D eigenvalue weighted by atomic mass is 19.1. The van der Waals surface area contributed by atoms with Gasteiger partial charge in [0.25, 0.3) is 0 Å². The maximum atomic E-state index is 12.8. The quantitative estimate of drug-likeness (QED) is 0.795. The van der Waals surface area contributed by atoms with Crippen LogP contribution in [0.25, 0.3) is 0 Å². The third-order valence-electron chi connectivity index (χ3n) is 4.38. The van der Waals surface area contributed by atoms with Gasteiger partial charge >= 0.3 is 5.97 Å². The first-order valence-corrected chi connectivity index (χ1v) is 7.89. The normalized spacial score (nSPS) is 22.0. The Bertz CT molecular complexity index is 508. The molecule has 0 aromatic heterocycles. The molecule has 2 rings (SSSR count). The van der Waals surface area contributed by atoms with Gasteiger partial charge in [0, 0.05) is 26.8 Å². The molecule has 128 valence electrons. The van der Waals surface area contributed by atoms with E-state index in [1.54, 1.807) is 19.2 Å². The van der Waals surface area contributed by atoms with Crippen LogP contribution < -0.4 is 4.74 Å². The van der Waals surface area contributed by atoms with Crippen molar-refractivity contribution in [1.82, 2.24) is 4.90 Å². The molecule has 6 heteroatoms. The summed E-state index contributed by atoms with van der Waals surface area (Å²) >= 11 is 0. The summed E-state index contributed by atoms with van der Waals surface area (Å²) in [6, 6.07) is 5.89. The van der Waals surface area contributed by atoms with E-state index in [2.05, 4.69) is 4.90 Å². The Labute approximate surface area is 136 Å². The largest absolute Gasteiger partial charge is 0.492 e. The molecule has 1 saturated heterocycles. The Morgan fingerprint density at radius 1 is 1.35 bits per heavy atom. The average molecular weight is 325 g/mol. The second kappa shape index (κ2) is 8.26. The predicted octanol–water partition coefficient (Wildman–Crippen LogP) is 2.41. The molecule has 0 amide bonds. The molecule has 0 bridgehead atoms. The fourth-order valence-corrected chi connectivity index (χ4v) is 3.02. The van der Waals surface area contributed by atoms with Crippen molar-refractivity contribution in [3.05, 3.63) is 30.1 Å². The average Bonchev–Trinajstić information content (AvgIpc) is 2.55. The third-order valence-corrected chi connectivity index (χ3v) is 4.38. The molecule has 0 aliphatic carbocycles. The Morgan fingerprint density at radius 2 is 2.09 bits per heavy atom. The van der Waals surface area contributed by atoms with Gasteiger partial charge < -0.3 is 14.6 Å². The smallest absolute Gasteiger partial charge is 0.311 e. The maximum absolute atomic E-state index is 12.8. The van der Waals surface area contributed by atoms with Crippen LogP contribution in [0.4, 0.5) is 4.39 Å². The van der Waals surface area contributed by atoms with Gasteiger partial charge in [-0.05, 0) is 50.1 Å². The number of hydrogen-bond donors (Lipinski definition) is 1. The van der Waals surface area contributed by atoms with Crippen molar-refractivity contribution in [3.8, 4) is 5.75 Å². The van der Waals surface area contributed by atoms with Crippen molar-refractivity contribution in [1.29, 1.82) is 0 Å². The topological polar surface area (TPSA) is 59.0 Å². The standard InChI is InChI=1S/C17H24FNO4/c1-22-11-8-17(16(20)21)7-2-9-19(13-17)10-12-23-15-5-3-14(18)4-6-15/h3-6H,2,7-13H2,1H3,(H,20,21)/t17-/m1/s1. The van der Waals surface area contributed by atoms with Gasteiger partial charge in [-0.3, -0.25) is 9.69 Å². The molecule has 1 aromatic carbocycles. The second-order valence-corrected chi connectivity index (χ2v) is 6.01. The van der Waals surface area contributed by atoms with Gasteiger partial charge in [0.2, 0.25) is 0 Å². The van der Waals surface area contributed by atoms with Gasteiger partial charge in [0.05, 0.1) is 5.41 Å². The fourth-order valence-electron chi connectivity index (χ4n) is 3.02. The number of hydrogen-bond acceptors (Lipinski definition) is 4. The number of likely N-dealkylation sites (tertiary alicyclic amines) is 1. The lowest BCUT2D eigenvalue weighted by Crippen LogP contribution is -2.49. The molecule has 0 spiro atoms. The summed E-state index contributed by atoms with van der Waals surface area (Å²) < 4.78 is 23.5. The van der Waals surface area contributed by atoms with Crippen LogP contribution in [0.15, 0.2) is 24.3 Å². The zero-order valence-electron chi connectivity index (χ0n) is 13.5. The zero-order valence-corrected chi connectivity index (χ0v) is 13.5. The molecule has 5 nitrogen and oxygen atoms in total. The third kappa shape index (κ3) is 4.91. The summed E-state index contributed by atoms with van der Waals surface area (Å²) in [4.78, 5) is 13.8. The van der Waals surface area contributed by atoms with Gasteiger partial charge in [-0.25, -0.2) is 4.39 Å². The first-order valence-electron chi connectivity index (χ1n) is 7.89. The first-order chi connectivity index (χ1) is 11.1. The van der Waals surface area contributed by atoms with Crippen molar-refractivity contribution < 1.29 is 23.8 Å². The number of carbonyl (C=O) groups is 1. The highest BCUT2D eigenvalue weighted by molar-refractivity contribution is 5.75. The van der Waals surface area contributed by atoms with Gasteiger partial charge in [0.1, 0.15) is 18.2 Å². The van der Waals surface area contributed by atoms with Gasteiger partial charge in [-0.2, -0.15) is 0 Å². The van der Waals surface area contributed by atoms with E-state index in [1.165, 1.54) is 12.1 Å². The van der Waals surface area contributed by atoms with E-state index < -0.39 is 11.4 Å². The molecule has 1 aromatic rings. The Balaban J connectivity index is 1.85. The molecule has 1 heterocycles. The van der Waals surface area contributed by atoms with Crippen LogP contribution in [0.1, 0.15) is 19.3 Å². The maximum Gasteiger partial charge on any atom is 0.311 e. The SMILES string of the molecule is COCC[C@]1(C(=O)O)CCCN(CCOc2ccc(F)cc2)C1. The Kier molecular flexibility index (Phi) is 6.36. The van der Waals surface area contributed by atoms with Crippen molar-refractivity contribution in [2.75, 3.05) is 40.0 Å². The second-order valence-electron chi connectivity index (χ2n) is 6.01. The van der Waals surface area contributed by atoms with Crippen molar-refractivity contribution >= 4 is 5.97 Å². The minimum Gasteiger partial charge on any atom is -0.492 e. The van der Waals surface area contributed by atoms with E-state index in [0.29, 0.717) is 44.9 Å². The number of rotatable bonds is 8. The van der Waals surface area contributed by atoms with Crippen molar-refractivity contribution in [3.63, 3.8) is 0 Å². The molecule has 1 aliphatic rings. The van der Waals surface area contributed by atoms with E-state index in [9.17, 15) is 14.3 Å². The number of methoxy groups -OCH3 is 1. The zero-order chi connectivity index (χ0) is 16.7. The van der Waals surface area contributed by atoms with Crippen LogP contribution >= 0.6 is 0 Å². The number of nitrogens with zero attached hydrogens (tertiary/aromatic N) is 1. The Morgan fingerprint density at radius 3 is 2.74 bits per heavy atom. The Hall–Kier alpha value is -1.66. The van der Waals surface area contributed by atoms with Gasteiger partial charge in [-0.15, -0.1) is 0 Å². The molecule has 0 radical (unpaired) electrons. The molecule has 0 saturated carbocycles. The van der Waals surface area contributed by atoms with Crippen LogP contribution in [0.5, 0.6) is 5.75 Å². The van der Waals surface area contributed by atoms with E-state index in [1.807, 2.05) is 0 Å². The molecule has 23 heavy (non-hydrogen) atoms. The molecular formula is C17H24FNO4. The van der Waals surface area contributed by atoms with Crippen molar-refractivity contribution in [2.24, 2.45) is 5.41 Å². The van der Waals surface area contributed by atoms with Crippen LogP contribution in [0.2, 0.25) is 0 Å². The fraction of sp³-hybridized carbons (Fsp3) is 0.588.